The van der Waals surface area contributed by atoms with Crippen molar-refractivity contribution in [3.05, 3.63) is 35.4 Å². The fourth-order valence-corrected chi connectivity index (χ4v) is 0.955. The topological polar surface area (TPSA) is 29.1 Å². The Bertz CT molecular complexity index is 401. The van der Waals surface area contributed by atoms with Crippen LogP contribution in [0.5, 0.6) is 0 Å². The van der Waals surface area contributed by atoms with Gasteiger partial charge in [0.1, 0.15) is 11.6 Å². The average Bonchev–Trinajstić information content (AvgIpc) is 2.17. The van der Waals surface area contributed by atoms with Crippen molar-refractivity contribution in [3.63, 3.8) is 0 Å². The van der Waals surface area contributed by atoms with Crippen molar-refractivity contribution in [1.29, 1.82) is 0 Å². The van der Waals surface area contributed by atoms with Gasteiger partial charge in [-0.25, -0.2) is 8.78 Å². The maximum atomic E-state index is 12.9. The van der Waals surface area contributed by atoms with Gasteiger partial charge in [0.2, 0.25) is 0 Å². The SMILES string of the molecule is O=C(NCc1cc(F)ccc1F)C(F)(F)F. The number of alkyl halides is 3. The van der Waals surface area contributed by atoms with E-state index in [0.29, 0.717) is 6.07 Å². The first-order chi connectivity index (χ1) is 7.30. The van der Waals surface area contributed by atoms with Gasteiger partial charge in [0.15, 0.2) is 0 Å². The van der Waals surface area contributed by atoms with Gasteiger partial charge in [0, 0.05) is 12.1 Å². The van der Waals surface area contributed by atoms with Crippen LogP contribution in [0.2, 0.25) is 0 Å². The third-order valence-corrected chi connectivity index (χ3v) is 1.70. The Kier molecular flexibility index (Phi) is 3.46. The van der Waals surface area contributed by atoms with Crippen molar-refractivity contribution < 1.29 is 26.7 Å². The third-order valence-electron chi connectivity index (χ3n) is 1.70. The molecule has 0 atom stereocenters. The fourth-order valence-electron chi connectivity index (χ4n) is 0.955. The van der Waals surface area contributed by atoms with E-state index in [1.807, 2.05) is 0 Å². The highest BCUT2D eigenvalue weighted by molar-refractivity contribution is 5.81. The lowest BCUT2D eigenvalue weighted by atomic mass is 10.2. The molecule has 0 heterocycles. The first-order valence-electron chi connectivity index (χ1n) is 4.09. The normalized spacial score (nSPS) is 11.3. The molecule has 0 bridgehead atoms. The van der Waals surface area contributed by atoms with Crippen LogP contribution in [0.1, 0.15) is 5.56 Å². The molecule has 16 heavy (non-hydrogen) atoms. The van der Waals surface area contributed by atoms with Gasteiger partial charge < -0.3 is 5.32 Å². The molecule has 1 amide bonds. The van der Waals surface area contributed by atoms with Gasteiger partial charge in [-0.15, -0.1) is 0 Å². The molecule has 1 aromatic rings. The molecule has 1 aromatic carbocycles. The van der Waals surface area contributed by atoms with Gasteiger partial charge in [-0.3, -0.25) is 4.79 Å². The standard InChI is InChI=1S/C9H6F5NO/c10-6-1-2-7(11)5(3-6)4-15-8(16)9(12,13)14/h1-3H,4H2,(H,15,16). The molecule has 0 fully saturated rings. The zero-order valence-electron chi connectivity index (χ0n) is 7.74. The number of benzene rings is 1. The highest BCUT2D eigenvalue weighted by Gasteiger charge is 2.38. The minimum atomic E-state index is -5.04. The smallest absolute Gasteiger partial charge is 0.344 e. The summed E-state index contributed by atoms with van der Waals surface area (Å²) in [5, 5.41) is 1.44. The van der Waals surface area contributed by atoms with Crippen LogP contribution in [0, 0.1) is 11.6 Å². The molecule has 0 radical (unpaired) electrons. The highest BCUT2D eigenvalue weighted by atomic mass is 19.4. The van der Waals surface area contributed by atoms with E-state index in [1.54, 1.807) is 0 Å². The summed E-state index contributed by atoms with van der Waals surface area (Å²) < 4.78 is 60.8. The van der Waals surface area contributed by atoms with Crippen LogP contribution in [0.4, 0.5) is 22.0 Å². The molecule has 0 saturated heterocycles. The maximum Gasteiger partial charge on any atom is 0.471 e. The van der Waals surface area contributed by atoms with Crippen molar-refractivity contribution in [2.45, 2.75) is 12.7 Å². The molecule has 1 N–H and O–H groups in total. The highest BCUT2D eigenvalue weighted by Crippen LogP contribution is 2.15. The molecule has 0 saturated carbocycles. The number of rotatable bonds is 2. The molecule has 1 rings (SSSR count). The fraction of sp³-hybridized carbons (Fsp3) is 0.222. The maximum absolute atomic E-state index is 12.9. The lowest BCUT2D eigenvalue weighted by Crippen LogP contribution is -2.36. The molecular weight excluding hydrogens is 233 g/mol. The largest absolute Gasteiger partial charge is 0.471 e. The monoisotopic (exact) mass is 239 g/mol. The molecule has 0 aliphatic carbocycles. The lowest BCUT2D eigenvalue weighted by Gasteiger charge is -2.08. The third kappa shape index (κ3) is 3.18. The Labute approximate surface area is 87.1 Å². The van der Waals surface area contributed by atoms with Gasteiger partial charge >= 0.3 is 12.1 Å². The number of nitrogens with one attached hydrogen (secondary N) is 1. The van der Waals surface area contributed by atoms with Crippen molar-refractivity contribution in [2.24, 2.45) is 0 Å². The average molecular weight is 239 g/mol. The van der Waals surface area contributed by atoms with E-state index in [-0.39, 0.29) is 5.56 Å². The summed E-state index contributed by atoms with van der Waals surface area (Å²) in [7, 11) is 0. The van der Waals surface area contributed by atoms with E-state index in [0.717, 1.165) is 12.1 Å². The van der Waals surface area contributed by atoms with E-state index in [1.165, 1.54) is 5.32 Å². The second kappa shape index (κ2) is 4.46. The summed E-state index contributed by atoms with van der Waals surface area (Å²) in [6, 6.07) is 2.31. The Morgan fingerprint density at radius 3 is 2.44 bits per heavy atom. The molecule has 0 unspecified atom stereocenters. The summed E-state index contributed by atoms with van der Waals surface area (Å²) in [5.74, 6) is -3.88. The Balaban J connectivity index is 2.68. The van der Waals surface area contributed by atoms with Crippen molar-refractivity contribution in [2.75, 3.05) is 0 Å². The van der Waals surface area contributed by atoms with Crippen molar-refractivity contribution in [1.82, 2.24) is 5.32 Å². The van der Waals surface area contributed by atoms with Crippen molar-refractivity contribution >= 4 is 5.91 Å². The summed E-state index contributed by atoms with van der Waals surface area (Å²) in [6.45, 7) is -0.720. The van der Waals surface area contributed by atoms with Crippen LogP contribution < -0.4 is 5.32 Å². The minimum absolute atomic E-state index is 0.349. The van der Waals surface area contributed by atoms with Crippen LogP contribution in [0.25, 0.3) is 0 Å². The quantitative estimate of drug-likeness (QED) is 0.787. The summed E-state index contributed by atoms with van der Waals surface area (Å²) in [6.07, 6.45) is -5.04. The second-order valence-corrected chi connectivity index (χ2v) is 2.92. The van der Waals surface area contributed by atoms with Gasteiger partial charge in [-0.1, -0.05) is 0 Å². The Morgan fingerprint density at radius 1 is 1.25 bits per heavy atom. The van der Waals surface area contributed by atoms with Gasteiger partial charge in [-0.05, 0) is 18.2 Å². The second-order valence-electron chi connectivity index (χ2n) is 2.92. The molecule has 0 spiro atoms. The summed E-state index contributed by atoms with van der Waals surface area (Å²) >= 11 is 0. The van der Waals surface area contributed by atoms with Gasteiger partial charge in [-0.2, -0.15) is 13.2 Å². The number of carbonyl (C=O) groups is 1. The summed E-state index contributed by atoms with van der Waals surface area (Å²) in [4.78, 5) is 10.4. The molecule has 0 aliphatic rings. The Hall–Kier alpha value is -1.66. The predicted octanol–water partition coefficient (Wildman–Crippen LogP) is 2.14. The van der Waals surface area contributed by atoms with Crippen LogP contribution >= 0.6 is 0 Å². The van der Waals surface area contributed by atoms with Crippen LogP contribution in [0.3, 0.4) is 0 Å². The minimum Gasteiger partial charge on any atom is -0.344 e. The summed E-state index contributed by atoms with van der Waals surface area (Å²) in [5.41, 5.74) is -0.349. The van der Waals surface area contributed by atoms with Crippen molar-refractivity contribution in [3.8, 4) is 0 Å². The van der Waals surface area contributed by atoms with E-state index in [9.17, 15) is 26.7 Å². The van der Waals surface area contributed by atoms with Crippen LogP contribution in [-0.2, 0) is 11.3 Å². The van der Waals surface area contributed by atoms with Gasteiger partial charge in [0.25, 0.3) is 0 Å². The number of amides is 1. The van der Waals surface area contributed by atoms with Crippen LogP contribution in [0.15, 0.2) is 18.2 Å². The molecule has 0 aromatic heterocycles. The lowest BCUT2D eigenvalue weighted by molar-refractivity contribution is -0.173. The van der Waals surface area contributed by atoms with Gasteiger partial charge in [0.05, 0.1) is 0 Å². The van der Waals surface area contributed by atoms with E-state index in [2.05, 4.69) is 0 Å². The number of carbonyl (C=O) groups excluding carboxylic acids is 1. The molecular formula is C9H6F5NO. The molecule has 88 valence electrons. The molecule has 7 heteroatoms. The Morgan fingerprint density at radius 2 is 1.88 bits per heavy atom. The van der Waals surface area contributed by atoms with Crippen LogP contribution in [-0.4, -0.2) is 12.1 Å². The van der Waals surface area contributed by atoms with E-state index in [4.69, 9.17) is 0 Å². The first-order valence-corrected chi connectivity index (χ1v) is 4.09. The molecule has 0 aliphatic heterocycles. The van der Waals surface area contributed by atoms with E-state index >= 15 is 0 Å². The predicted molar refractivity (Wildman–Crippen MR) is 44.3 cm³/mol. The first kappa shape index (κ1) is 12.4. The molecule has 2 nitrogen and oxygen atoms in total. The zero-order valence-corrected chi connectivity index (χ0v) is 7.74. The number of hydrogen-bond acceptors (Lipinski definition) is 1. The zero-order chi connectivity index (χ0) is 12.3. The number of halogens is 5. The number of hydrogen-bond donors (Lipinski definition) is 1. The van der Waals surface area contributed by atoms with E-state index < -0.39 is 30.3 Å².